The number of nitrogens with zero attached hydrogens (tertiary/aromatic N) is 1. The minimum atomic E-state index is -0.0595. The molecule has 0 spiro atoms. The maximum absolute atomic E-state index is 9.41. The summed E-state index contributed by atoms with van der Waals surface area (Å²) < 4.78 is 0. The summed E-state index contributed by atoms with van der Waals surface area (Å²) in [6.45, 7) is 5.35. The summed E-state index contributed by atoms with van der Waals surface area (Å²) in [5, 5.41) is 9.41. The van der Waals surface area contributed by atoms with Gasteiger partial charge in [-0.2, -0.15) is 0 Å². The monoisotopic (exact) mass is 225 g/mol. The summed E-state index contributed by atoms with van der Waals surface area (Å²) in [7, 11) is 0. The highest BCUT2D eigenvalue weighted by Gasteiger charge is 2.17. The number of aliphatic hydroxyl groups excluding tert-OH is 1. The Morgan fingerprint density at radius 1 is 1.33 bits per heavy atom. The molecule has 0 unspecified atom stereocenters. The molecule has 0 amide bonds. The van der Waals surface area contributed by atoms with E-state index >= 15 is 0 Å². The summed E-state index contributed by atoms with van der Waals surface area (Å²) in [6.07, 6.45) is 2.96. The molecule has 15 heavy (non-hydrogen) atoms. The van der Waals surface area contributed by atoms with Crippen molar-refractivity contribution in [2.45, 2.75) is 38.8 Å². The van der Waals surface area contributed by atoms with Gasteiger partial charge in [-0.25, -0.2) is 0 Å². The lowest BCUT2D eigenvalue weighted by atomic mass is 10.1. The molecule has 1 N–H and O–H groups in total. The molecule has 1 aromatic heterocycles. The Morgan fingerprint density at radius 2 is 2.00 bits per heavy atom. The van der Waals surface area contributed by atoms with E-state index in [2.05, 4.69) is 24.0 Å². The number of hydrogen-bond donors (Lipinski definition) is 1. The fraction of sp³-hybridized carbons (Fsp3) is 0.667. The third-order valence-electron chi connectivity index (χ3n) is 3.00. The highest BCUT2D eigenvalue weighted by Crippen LogP contribution is 2.20. The molecule has 2 rings (SSSR count). The van der Waals surface area contributed by atoms with Crippen molar-refractivity contribution in [2.24, 2.45) is 0 Å². The zero-order valence-electron chi connectivity index (χ0n) is 9.28. The number of thiophene rings is 1. The molecule has 0 atom stereocenters. The number of piperidine rings is 1. The van der Waals surface area contributed by atoms with Crippen LogP contribution in [0.25, 0.3) is 0 Å². The Bertz CT molecular complexity index is 302. The predicted octanol–water partition coefficient (Wildman–Crippen LogP) is 2.27. The second kappa shape index (κ2) is 5.10. The number of rotatable bonds is 3. The standard InChI is InChI=1S/C12H19NOS/c1-2-11-3-4-12(15-11)9-13-7-5-10(14)6-8-13/h3-4,10,14H,2,5-9H2,1H3. The van der Waals surface area contributed by atoms with Crippen LogP contribution >= 0.6 is 11.3 Å². The first-order valence-corrected chi connectivity index (χ1v) is 6.57. The van der Waals surface area contributed by atoms with Gasteiger partial charge in [0.2, 0.25) is 0 Å². The summed E-state index contributed by atoms with van der Waals surface area (Å²) in [6, 6.07) is 4.48. The van der Waals surface area contributed by atoms with E-state index in [1.54, 1.807) is 0 Å². The fourth-order valence-electron chi connectivity index (χ4n) is 2.00. The van der Waals surface area contributed by atoms with Gasteiger partial charge in [0, 0.05) is 29.4 Å². The van der Waals surface area contributed by atoms with E-state index in [-0.39, 0.29) is 6.10 Å². The summed E-state index contributed by atoms with van der Waals surface area (Å²) >= 11 is 1.92. The molecule has 3 heteroatoms. The zero-order chi connectivity index (χ0) is 10.7. The van der Waals surface area contributed by atoms with E-state index < -0.39 is 0 Å². The first-order valence-electron chi connectivity index (χ1n) is 5.76. The van der Waals surface area contributed by atoms with Crippen molar-refractivity contribution in [1.82, 2.24) is 4.90 Å². The quantitative estimate of drug-likeness (QED) is 0.853. The SMILES string of the molecule is CCc1ccc(CN2CCC(O)CC2)s1. The van der Waals surface area contributed by atoms with Gasteiger partial charge in [-0.1, -0.05) is 6.92 Å². The molecule has 2 heterocycles. The zero-order valence-corrected chi connectivity index (χ0v) is 10.1. The van der Waals surface area contributed by atoms with Gasteiger partial charge in [-0.05, 0) is 31.4 Å². The number of hydrogen-bond acceptors (Lipinski definition) is 3. The molecule has 0 bridgehead atoms. The van der Waals surface area contributed by atoms with Gasteiger partial charge >= 0.3 is 0 Å². The summed E-state index contributed by atoms with van der Waals surface area (Å²) in [4.78, 5) is 5.38. The summed E-state index contributed by atoms with van der Waals surface area (Å²) in [5.41, 5.74) is 0. The molecule has 1 aliphatic rings. The van der Waals surface area contributed by atoms with Gasteiger partial charge in [0.05, 0.1) is 6.10 Å². The molecule has 0 aromatic carbocycles. The number of likely N-dealkylation sites (tertiary alicyclic amines) is 1. The van der Waals surface area contributed by atoms with Gasteiger partial charge in [-0.15, -0.1) is 11.3 Å². The third-order valence-corrected chi connectivity index (χ3v) is 4.22. The van der Waals surface area contributed by atoms with Gasteiger partial charge in [0.15, 0.2) is 0 Å². The number of aliphatic hydroxyl groups is 1. The Hall–Kier alpha value is -0.380. The van der Waals surface area contributed by atoms with E-state index in [1.807, 2.05) is 11.3 Å². The molecular formula is C12H19NOS. The van der Waals surface area contributed by atoms with E-state index in [0.29, 0.717) is 0 Å². The average Bonchev–Trinajstić information content (AvgIpc) is 2.69. The van der Waals surface area contributed by atoms with Crippen LogP contribution in [0.3, 0.4) is 0 Å². The van der Waals surface area contributed by atoms with Crippen molar-refractivity contribution in [1.29, 1.82) is 0 Å². The molecule has 84 valence electrons. The van der Waals surface area contributed by atoms with E-state index in [1.165, 1.54) is 9.75 Å². The van der Waals surface area contributed by atoms with Crippen LogP contribution in [0.1, 0.15) is 29.5 Å². The maximum Gasteiger partial charge on any atom is 0.0564 e. The van der Waals surface area contributed by atoms with Crippen LogP contribution in [0.4, 0.5) is 0 Å². The molecule has 1 aliphatic heterocycles. The lowest BCUT2D eigenvalue weighted by Crippen LogP contribution is -2.35. The molecule has 1 saturated heterocycles. The van der Waals surface area contributed by atoms with Crippen LogP contribution in [-0.4, -0.2) is 29.2 Å². The van der Waals surface area contributed by atoms with E-state index in [9.17, 15) is 5.11 Å². The first-order chi connectivity index (χ1) is 7.28. The Morgan fingerprint density at radius 3 is 2.60 bits per heavy atom. The Labute approximate surface area is 95.5 Å². The minimum Gasteiger partial charge on any atom is -0.393 e. The van der Waals surface area contributed by atoms with E-state index in [4.69, 9.17) is 0 Å². The largest absolute Gasteiger partial charge is 0.393 e. The van der Waals surface area contributed by atoms with Crippen molar-refractivity contribution >= 4 is 11.3 Å². The van der Waals surface area contributed by atoms with Crippen LogP contribution < -0.4 is 0 Å². The smallest absolute Gasteiger partial charge is 0.0564 e. The van der Waals surface area contributed by atoms with Crippen molar-refractivity contribution in [2.75, 3.05) is 13.1 Å². The highest BCUT2D eigenvalue weighted by molar-refractivity contribution is 7.11. The van der Waals surface area contributed by atoms with Crippen LogP contribution in [0.5, 0.6) is 0 Å². The first kappa shape index (κ1) is 11.1. The van der Waals surface area contributed by atoms with E-state index in [0.717, 1.165) is 38.9 Å². The van der Waals surface area contributed by atoms with Crippen LogP contribution in [0.2, 0.25) is 0 Å². The lowest BCUT2D eigenvalue weighted by molar-refractivity contribution is 0.0797. The second-order valence-corrected chi connectivity index (χ2v) is 5.48. The average molecular weight is 225 g/mol. The van der Waals surface area contributed by atoms with Crippen LogP contribution in [0.15, 0.2) is 12.1 Å². The van der Waals surface area contributed by atoms with Crippen molar-refractivity contribution in [3.63, 3.8) is 0 Å². The minimum absolute atomic E-state index is 0.0595. The molecule has 0 saturated carbocycles. The van der Waals surface area contributed by atoms with Crippen molar-refractivity contribution in [3.05, 3.63) is 21.9 Å². The maximum atomic E-state index is 9.41. The highest BCUT2D eigenvalue weighted by atomic mass is 32.1. The Balaban J connectivity index is 1.86. The molecule has 1 aromatic rings. The summed E-state index contributed by atoms with van der Waals surface area (Å²) in [5.74, 6) is 0. The predicted molar refractivity (Wildman–Crippen MR) is 64.2 cm³/mol. The van der Waals surface area contributed by atoms with Crippen LogP contribution in [0, 0.1) is 0 Å². The van der Waals surface area contributed by atoms with Crippen molar-refractivity contribution in [3.8, 4) is 0 Å². The molecular weight excluding hydrogens is 206 g/mol. The number of aryl methyl sites for hydroxylation is 1. The van der Waals surface area contributed by atoms with Gasteiger partial charge < -0.3 is 5.11 Å². The topological polar surface area (TPSA) is 23.5 Å². The molecule has 1 fully saturated rings. The van der Waals surface area contributed by atoms with Crippen molar-refractivity contribution < 1.29 is 5.11 Å². The van der Waals surface area contributed by atoms with Gasteiger partial charge in [0.1, 0.15) is 0 Å². The van der Waals surface area contributed by atoms with Gasteiger partial charge in [0.25, 0.3) is 0 Å². The molecule has 0 radical (unpaired) electrons. The van der Waals surface area contributed by atoms with Crippen LogP contribution in [-0.2, 0) is 13.0 Å². The second-order valence-electron chi connectivity index (χ2n) is 4.23. The third kappa shape index (κ3) is 3.03. The fourth-order valence-corrected chi connectivity index (χ4v) is 3.00. The Kier molecular flexibility index (Phi) is 3.78. The molecule has 0 aliphatic carbocycles. The lowest BCUT2D eigenvalue weighted by Gasteiger charge is -2.28. The normalized spacial score (nSPS) is 19.6. The molecule has 2 nitrogen and oxygen atoms in total. The van der Waals surface area contributed by atoms with Gasteiger partial charge in [-0.3, -0.25) is 4.90 Å².